The minimum Gasteiger partial charge on any atom is -0.336 e. The van der Waals surface area contributed by atoms with Gasteiger partial charge in [0.1, 0.15) is 0 Å². The summed E-state index contributed by atoms with van der Waals surface area (Å²) in [4.78, 5) is 17.8. The number of pyridine rings is 1. The summed E-state index contributed by atoms with van der Waals surface area (Å²) in [5, 5.41) is 0. The molecule has 3 nitrogen and oxygen atoms in total. The lowest BCUT2D eigenvalue weighted by atomic mass is 10.1. The largest absolute Gasteiger partial charge is 0.336 e. The smallest absolute Gasteiger partial charge is 0.257 e. The summed E-state index contributed by atoms with van der Waals surface area (Å²) in [5.74, 6) is -0.183. The molecule has 2 rings (SSSR count). The van der Waals surface area contributed by atoms with Crippen LogP contribution in [0.4, 0.5) is 4.39 Å². The molecule has 1 aliphatic rings. The molecule has 0 saturated heterocycles. The minimum absolute atomic E-state index is 0.139. The zero-order valence-corrected chi connectivity index (χ0v) is 10.9. The van der Waals surface area contributed by atoms with Crippen molar-refractivity contribution in [3.63, 3.8) is 0 Å². The SMILES string of the molecule is CC(C)CCN(C(=O)c1ccncc1F)C1CC1. The van der Waals surface area contributed by atoms with E-state index in [1.807, 2.05) is 4.90 Å². The van der Waals surface area contributed by atoms with Crippen LogP contribution in [0.5, 0.6) is 0 Å². The molecule has 0 atom stereocenters. The van der Waals surface area contributed by atoms with E-state index in [0.29, 0.717) is 18.5 Å². The fourth-order valence-corrected chi connectivity index (χ4v) is 1.94. The van der Waals surface area contributed by atoms with Crippen molar-refractivity contribution in [1.29, 1.82) is 0 Å². The topological polar surface area (TPSA) is 33.2 Å². The van der Waals surface area contributed by atoms with Gasteiger partial charge in [-0.2, -0.15) is 0 Å². The summed E-state index contributed by atoms with van der Waals surface area (Å²) >= 11 is 0. The van der Waals surface area contributed by atoms with Crippen molar-refractivity contribution in [3.05, 3.63) is 29.8 Å². The Morgan fingerprint density at radius 2 is 2.28 bits per heavy atom. The Balaban J connectivity index is 2.11. The molecule has 1 saturated carbocycles. The minimum atomic E-state index is -0.530. The second kappa shape index (κ2) is 5.46. The number of amides is 1. The van der Waals surface area contributed by atoms with E-state index in [2.05, 4.69) is 18.8 Å². The van der Waals surface area contributed by atoms with Crippen LogP contribution < -0.4 is 0 Å². The molecule has 0 spiro atoms. The lowest BCUT2D eigenvalue weighted by molar-refractivity contribution is 0.0730. The lowest BCUT2D eigenvalue weighted by Gasteiger charge is -2.23. The van der Waals surface area contributed by atoms with E-state index in [-0.39, 0.29) is 11.5 Å². The second-order valence-electron chi connectivity index (χ2n) is 5.27. The molecule has 1 amide bonds. The van der Waals surface area contributed by atoms with Crippen molar-refractivity contribution in [2.75, 3.05) is 6.54 Å². The van der Waals surface area contributed by atoms with Gasteiger partial charge in [-0.05, 0) is 31.2 Å². The molecular formula is C14H19FN2O. The van der Waals surface area contributed by atoms with Crippen LogP contribution in [-0.2, 0) is 0 Å². The first-order valence-corrected chi connectivity index (χ1v) is 6.50. The number of halogens is 1. The first-order valence-electron chi connectivity index (χ1n) is 6.50. The van der Waals surface area contributed by atoms with Crippen LogP contribution in [-0.4, -0.2) is 28.4 Å². The van der Waals surface area contributed by atoms with Gasteiger partial charge in [0.2, 0.25) is 0 Å². The Kier molecular flexibility index (Phi) is 3.94. The molecule has 1 fully saturated rings. The van der Waals surface area contributed by atoms with Gasteiger partial charge < -0.3 is 4.90 Å². The second-order valence-corrected chi connectivity index (χ2v) is 5.27. The predicted octanol–water partition coefficient (Wildman–Crippen LogP) is 2.87. The van der Waals surface area contributed by atoms with Crippen molar-refractivity contribution < 1.29 is 9.18 Å². The molecule has 0 aliphatic heterocycles. The van der Waals surface area contributed by atoms with Crippen LogP contribution in [0.25, 0.3) is 0 Å². The van der Waals surface area contributed by atoms with Crippen LogP contribution in [0.3, 0.4) is 0 Å². The summed E-state index contributed by atoms with van der Waals surface area (Å²) in [6.45, 7) is 4.97. The van der Waals surface area contributed by atoms with Crippen molar-refractivity contribution in [2.24, 2.45) is 5.92 Å². The monoisotopic (exact) mass is 250 g/mol. The van der Waals surface area contributed by atoms with Crippen molar-refractivity contribution in [3.8, 4) is 0 Å². The molecule has 18 heavy (non-hydrogen) atoms. The zero-order chi connectivity index (χ0) is 13.1. The number of aromatic nitrogens is 1. The molecule has 1 aliphatic carbocycles. The van der Waals surface area contributed by atoms with Crippen LogP contribution in [0, 0.1) is 11.7 Å². The first kappa shape index (κ1) is 13.0. The Morgan fingerprint density at radius 3 is 2.83 bits per heavy atom. The molecule has 0 radical (unpaired) electrons. The average Bonchev–Trinajstić information content (AvgIpc) is 3.13. The van der Waals surface area contributed by atoms with Crippen LogP contribution in [0.1, 0.15) is 43.5 Å². The molecule has 0 aromatic carbocycles. The van der Waals surface area contributed by atoms with E-state index in [1.54, 1.807) is 0 Å². The van der Waals surface area contributed by atoms with Gasteiger partial charge in [-0.1, -0.05) is 13.8 Å². The lowest BCUT2D eigenvalue weighted by Crippen LogP contribution is -2.35. The summed E-state index contributed by atoms with van der Waals surface area (Å²) in [5.41, 5.74) is 0.139. The third-order valence-corrected chi connectivity index (χ3v) is 3.20. The normalized spacial score (nSPS) is 14.9. The molecule has 0 bridgehead atoms. The van der Waals surface area contributed by atoms with Gasteiger partial charge in [0.05, 0.1) is 11.8 Å². The average molecular weight is 250 g/mol. The molecule has 0 N–H and O–H groups in total. The number of rotatable bonds is 5. The van der Waals surface area contributed by atoms with Gasteiger partial charge >= 0.3 is 0 Å². The highest BCUT2D eigenvalue weighted by Crippen LogP contribution is 2.29. The van der Waals surface area contributed by atoms with Crippen LogP contribution >= 0.6 is 0 Å². The number of carbonyl (C=O) groups excluding carboxylic acids is 1. The van der Waals surface area contributed by atoms with E-state index in [0.717, 1.165) is 25.5 Å². The maximum atomic E-state index is 13.6. The maximum absolute atomic E-state index is 13.6. The first-order chi connectivity index (χ1) is 8.59. The van der Waals surface area contributed by atoms with Crippen molar-refractivity contribution >= 4 is 5.91 Å². The molecule has 1 aromatic heterocycles. The summed E-state index contributed by atoms with van der Waals surface area (Å²) in [6, 6.07) is 1.77. The molecule has 1 aromatic rings. The van der Waals surface area contributed by atoms with E-state index in [4.69, 9.17) is 0 Å². The van der Waals surface area contributed by atoms with Crippen molar-refractivity contribution in [1.82, 2.24) is 9.88 Å². The maximum Gasteiger partial charge on any atom is 0.257 e. The van der Waals surface area contributed by atoms with Gasteiger partial charge in [-0.3, -0.25) is 9.78 Å². The number of hydrogen-bond donors (Lipinski definition) is 0. The van der Waals surface area contributed by atoms with E-state index in [9.17, 15) is 9.18 Å². The molecule has 1 heterocycles. The van der Waals surface area contributed by atoms with Gasteiger partial charge in [0.25, 0.3) is 5.91 Å². The molecule has 98 valence electrons. The number of hydrogen-bond acceptors (Lipinski definition) is 2. The fourth-order valence-electron chi connectivity index (χ4n) is 1.94. The van der Waals surface area contributed by atoms with Crippen molar-refractivity contribution in [2.45, 2.75) is 39.2 Å². The zero-order valence-electron chi connectivity index (χ0n) is 10.9. The molecular weight excluding hydrogens is 231 g/mol. The predicted molar refractivity (Wildman–Crippen MR) is 67.7 cm³/mol. The fraction of sp³-hybridized carbons (Fsp3) is 0.571. The van der Waals surface area contributed by atoms with E-state index in [1.165, 1.54) is 12.3 Å². The quantitative estimate of drug-likeness (QED) is 0.805. The Labute approximate surface area is 107 Å². The summed E-state index contributed by atoms with van der Waals surface area (Å²) in [6.07, 6.45) is 5.59. The highest BCUT2D eigenvalue weighted by Gasteiger charge is 2.33. The molecule has 0 unspecified atom stereocenters. The van der Waals surface area contributed by atoms with E-state index >= 15 is 0 Å². The van der Waals surface area contributed by atoms with Crippen LogP contribution in [0.15, 0.2) is 18.5 Å². The molecule has 4 heteroatoms. The third-order valence-electron chi connectivity index (χ3n) is 3.20. The standard InChI is InChI=1S/C14H19FN2O/c1-10(2)6-8-17(11-3-4-11)14(18)12-5-7-16-9-13(12)15/h5,7,9-11H,3-4,6,8H2,1-2H3. The highest BCUT2D eigenvalue weighted by atomic mass is 19.1. The number of carbonyl (C=O) groups is 1. The van der Waals surface area contributed by atoms with Gasteiger partial charge in [0.15, 0.2) is 5.82 Å². The van der Waals surface area contributed by atoms with Gasteiger partial charge in [-0.25, -0.2) is 4.39 Å². The van der Waals surface area contributed by atoms with Gasteiger partial charge in [-0.15, -0.1) is 0 Å². The highest BCUT2D eigenvalue weighted by molar-refractivity contribution is 5.94. The van der Waals surface area contributed by atoms with E-state index < -0.39 is 5.82 Å². The summed E-state index contributed by atoms with van der Waals surface area (Å²) < 4.78 is 13.6. The Hall–Kier alpha value is -1.45. The third kappa shape index (κ3) is 3.06. The summed E-state index contributed by atoms with van der Waals surface area (Å²) in [7, 11) is 0. The Bertz CT molecular complexity index is 430. The Morgan fingerprint density at radius 1 is 1.56 bits per heavy atom. The van der Waals surface area contributed by atoms with Crippen LogP contribution in [0.2, 0.25) is 0 Å². The number of nitrogens with zero attached hydrogens (tertiary/aromatic N) is 2. The van der Waals surface area contributed by atoms with Gasteiger partial charge in [0, 0.05) is 18.8 Å².